The van der Waals surface area contributed by atoms with Crippen LogP contribution in [-0.2, 0) is 9.53 Å². The summed E-state index contributed by atoms with van der Waals surface area (Å²) in [7, 11) is 1.35. The normalized spacial score (nSPS) is 22.1. The Morgan fingerprint density at radius 3 is 2.02 bits per heavy atom. The van der Waals surface area contributed by atoms with Gasteiger partial charge in [-0.25, -0.2) is 4.79 Å². The van der Waals surface area contributed by atoms with Crippen molar-refractivity contribution in [2.45, 2.75) is 18.4 Å². The number of esters is 1. The summed E-state index contributed by atoms with van der Waals surface area (Å²) in [4.78, 5) is 26.6. The van der Waals surface area contributed by atoms with Gasteiger partial charge in [-0.05, 0) is 52.9 Å². The highest BCUT2D eigenvalue weighted by atomic mass is 16.5. The van der Waals surface area contributed by atoms with E-state index in [0.29, 0.717) is 29.0 Å². The Bertz CT molecular complexity index is 1600. The molecule has 0 fully saturated rings. The molecule has 6 heteroatoms. The second-order valence-electron chi connectivity index (χ2n) is 9.99. The van der Waals surface area contributed by atoms with Gasteiger partial charge in [0.1, 0.15) is 5.41 Å². The minimum Gasteiger partial charge on any atom is -0.465 e. The summed E-state index contributed by atoms with van der Waals surface area (Å²) in [6, 6.07) is 35.8. The van der Waals surface area contributed by atoms with Crippen LogP contribution in [0.3, 0.4) is 0 Å². The summed E-state index contributed by atoms with van der Waals surface area (Å²) in [5, 5.41) is 18.5. The van der Waals surface area contributed by atoms with E-state index in [9.17, 15) is 14.7 Å². The van der Waals surface area contributed by atoms with Gasteiger partial charge in [0.25, 0.3) is 5.91 Å². The fourth-order valence-corrected chi connectivity index (χ4v) is 5.82. The summed E-state index contributed by atoms with van der Waals surface area (Å²) in [5.41, 5.74) is 3.44. The van der Waals surface area contributed by atoms with Crippen molar-refractivity contribution >= 4 is 28.8 Å². The lowest BCUT2D eigenvalue weighted by Crippen LogP contribution is -2.52. The van der Waals surface area contributed by atoms with Gasteiger partial charge >= 0.3 is 5.97 Å². The van der Waals surface area contributed by atoms with Crippen LogP contribution in [-0.4, -0.2) is 35.9 Å². The molecular formula is C34H28N2O4. The van der Waals surface area contributed by atoms with Crippen LogP contribution in [0.5, 0.6) is 0 Å². The van der Waals surface area contributed by atoms with Crippen LogP contribution in [0.2, 0.25) is 0 Å². The topological polar surface area (TPSA) is 79.2 Å². The second-order valence-corrected chi connectivity index (χ2v) is 9.99. The highest BCUT2D eigenvalue weighted by Gasteiger charge is 2.61. The van der Waals surface area contributed by atoms with E-state index in [-0.39, 0.29) is 11.8 Å². The van der Waals surface area contributed by atoms with Crippen molar-refractivity contribution in [3.05, 3.63) is 144 Å². The van der Waals surface area contributed by atoms with Gasteiger partial charge in [-0.2, -0.15) is 10.1 Å². The van der Waals surface area contributed by atoms with Crippen molar-refractivity contribution in [3.8, 4) is 0 Å². The quantitative estimate of drug-likeness (QED) is 0.330. The number of carbonyl (C=O) groups is 2. The minimum atomic E-state index is -1.42. The van der Waals surface area contributed by atoms with Crippen molar-refractivity contribution in [1.29, 1.82) is 0 Å². The largest absolute Gasteiger partial charge is 0.465 e. The molecule has 1 aliphatic carbocycles. The third-order valence-corrected chi connectivity index (χ3v) is 7.77. The van der Waals surface area contributed by atoms with Crippen LogP contribution >= 0.6 is 0 Å². The number of nitrogens with zero attached hydrogens (tertiary/aromatic N) is 2. The number of anilines is 1. The van der Waals surface area contributed by atoms with E-state index in [1.54, 1.807) is 12.1 Å². The van der Waals surface area contributed by atoms with Gasteiger partial charge in [-0.1, -0.05) is 97.1 Å². The van der Waals surface area contributed by atoms with Crippen molar-refractivity contribution < 1.29 is 19.4 Å². The third-order valence-electron chi connectivity index (χ3n) is 7.77. The van der Waals surface area contributed by atoms with Gasteiger partial charge in [-0.15, -0.1) is 0 Å². The number of methoxy groups -OCH3 is 1. The van der Waals surface area contributed by atoms with Crippen LogP contribution in [0.15, 0.2) is 126 Å². The highest BCUT2D eigenvalue weighted by Crippen LogP contribution is 2.53. The molecule has 0 unspecified atom stereocenters. The zero-order valence-corrected chi connectivity index (χ0v) is 22.0. The molecule has 0 saturated carbocycles. The summed E-state index contributed by atoms with van der Waals surface area (Å²) in [6.07, 6.45) is 1.31. The number of benzene rings is 4. The average molecular weight is 529 g/mol. The van der Waals surface area contributed by atoms with Crippen molar-refractivity contribution in [3.63, 3.8) is 0 Å². The lowest BCUT2D eigenvalue weighted by Gasteiger charge is -2.41. The molecule has 1 spiro atoms. The van der Waals surface area contributed by atoms with Gasteiger partial charge in [-0.3, -0.25) is 4.79 Å². The van der Waals surface area contributed by atoms with Gasteiger partial charge in [0, 0.05) is 5.92 Å². The van der Waals surface area contributed by atoms with E-state index in [4.69, 9.17) is 9.84 Å². The van der Waals surface area contributed by atoms with Gasteiger partial charge in [0.05, 0.1) is 30.2 Å². The van der Waals surface area contributed by atoms with E-state index in [1.807, 2.05) is 103 Å². The van der Waals surface area contributed by atoms with Crippen molar-refractivity contribution in [2.75, 3.05) is 12.1 Å². The number of hydrazone groups is 1. The van der Waals surface area contributed by atoms with Crippen LogP contribution < -0.4 is 5.01 Å². The molecule has 3 atom stereocenters. The molecule has 1 aliphatic heterocycles. The predicted molar refractivity (Wildman–Crippen MR) is 155 cm³/mol. The number of ether oxygens (including phenoxy) is 1. The molecule has 0 aromatic heterocycles. The summed E-state index contributed by atoms with van der Waals surface area (Å²) in [6.45, 7) is 0. The highest BCUT2D eigenvalue weighted by molar-refractivity contribution is 6.32. The van der Waals surface area contributed by atoms with E-state index >= 15 is 0 Å². The Kier molecular flexibility index (Phi) is 6.62. The minimum absolute atomic E-state index is 0.196. The smallest absolute Gasteiger partial charge is 0.337 e. The molecule has 0 saturated heterocycles. The molecule has 1 heterocycles. The van der Waals surface area contributed by atoms with Gasteiger partial charge in [0.2, 0.25) is 0 Å². The van der Waals surface area contributed by atoms with E-state index in [2.05, 4.69) is 6.08 Å². The summed E-state index contributed by atoms with van der Waals surface area (Å²) < 4.78 is 4.84. The zero-order valence-electron chi connectivity index (χ0n) is 22.0. The first kappa shape index (κ1) is 25.5. The third kappa shape index (κ3) is 4.14. The SMILES string of the molecule is COC(=O)c1ccc([C@H]2C=C(c3ccccc3)[C@@]3(C(=O)N(c4ccccc4)N=C3c3ccccc3)[C@@H](O)C2)cc1. The second kappa shape index (κ2) is 10.4. The number of carbonyl (C=O) groups excluding carboxylic acids is 2. The number of rotatable bonds is 5. The number of aliphatic hydroxyl groups is 1. The molecule has 4 aromatic rings. The van der Waals surface area contributed by atoms with Crippen LogP contribution in [0, 0.1) is 5.41 Å². The maximum atomic E-state index is 14.6. The van der Waals surface area contributed by atoms with Gasteiger partial charge in [0.15, 0.2) is 0 Å². The zero-order chi connectivity index (χ0) is 27.7. The lowest BCUT2D eigenvalue weighted by molar-refractivity contribution is -0.125. The summed E-state index contributed by atoms with van der Waals surface area (Å²) in [5.74, 6) is -0.895. The molecule has 1 N–H and O–H groups in total. The Balaban J connectivity index is 1.55. The number of allylic oxidation sites excluding steroid dienone is 1. The standard InChI is InChI=1S/C34H28N2O4/c1-40-32(38)26-19-17-23(18-20-26)27-21-29(24-11-5-2-6-12-24)34(30(37)22-27)31(25-13-7-3-8-14-25)35-36(33(34)39)28-15-9-4-10-16-28/h2-21,27,30,37H,22H2,1H3/t27-,30-,34+/m0/s1. The number of amides is 1. The van der Waals surface area contributed by atoms with Crippen LogP contribution in [0.4, 0.5) is 5.69 Å². The van der Waals surface area contributed by atoms with Crippen LogP contribution in [0.25, 0.3) is 5.57 Å². The lowest BCUT2D eigenvalue weighted by atomic mass is 9.61. The Morgan fingerprint density at radius 2 is 1.43 bits per heavy atom. The average Bonchev–Trinajstić information content (AvgIpc) is 3.32. The Labute approximate surface area is 232 Å². The molecule has 198 valence electrons. The van der Waals surface area contributed by atoms with Crippen molar-refractivity contribution in [2.24, 2.45) is 10.5 Å². The molecule has 4 aromatic carbocycles. The molecule has 6 nitrogen and oxygen atoms in total. The monoisotopic (exact) mass is 528 g/mol. The van der Waals surface area contributed by atoms with E-state index < -0.39 is 17.5 Å². The Morgan fingerprint density at radius 1 is 0.850 bits per heavy atom. The molecule has 40 heavy (non-hydrogen) atoms. The van der Waals surface area contributed by atoms with E-state index in [1.165, 1.54) is 12.1 Å². The first-order valence-corrected chi connectivity index (χ1v) is 13.2. The number of hydrogen-bond acceptors (Lipinski definition) is 5. The molecule has 2 aliphatic rings. The summed E-state index contributed by atoms with van der Waals surface area (Å²) >= 11 is 0. The van der Waals surface area contributed by atoms with Gasteiger partial charge < -0.3 is 9.84 Å². The molecule has 0 radical (unpaired) electrons. The molecule has 1 amide bonds. The Hall–Kier alpha value is -4.81. The predicted octanol–water partition coefficient (Wildman–Crippen LogP) is 5.84. The fraction of sp³-hybridized carbons (Fsp3) is 0.147. The van der Waals surface area contributed by atoms with Crippen LogP contribution in [0.1, 0.15) is 39.4 Å². The first-order valence-electron chi connectivity index (χ1n) is 13.2. The number of para-hydroxylation sites is 1. The molecule has 6 rings (SSSR count). The maximum Gasteiger partial charge on any atom is 0.337 e. The number of aliphatic hydroxyl groups excluding tert-OH is 1. The molecule has 0 bridgehead atoms. The maximum absolute atomic E-state index is 14.6. The van der Waals surface area contributed by atoms with E-state index in [0.717, 1.165) is 16.7 Å². The fourth-order valence-electron chi connectivity index (χ4n) is 5.82. The molecular weight excluding hydrogens is 500 g/mol. The van der Waals surface area contributed by atoms with Crippen molar-refractivity contribution in [1.82, 2.24) is 0 Å². The first-order chi connectivity index (χ1) is 19.5. The number of hydrogen-bond donors (Lipinski definition) is 1.